The molecule has 10 heteroatoms. The van der Waals surface area contributed by atoms with Crippen LogP contribution in [-0.2, 0) is 16.1 Å². The maximum atomic E-state index is 13.1. The van der Waals surface area contributed by atoms with E-state index in [4.69, 9.17) is 16.1 Å². The van der Waals surface area contributed by atoms with E-state index >= 15 is 0 Å². The quantitative estimate of drug-likeness (QED) is 0.544. The molecule has 3 heterocycles. The highest BCUT2D eigenvalue weighted by atomic mass is 35.5. The molecule has 2 amide bonds. The van der Waals surface area contributed by atoms with Gasteiger partial charge in [0.25, 0.3) is 11.8 Å². The number of nitrogens with zero attached hydrogens (tertiary/aromatic N) is 6. The van der Waals surface area contributed by atoms with Gasteiger partial charge in [-0.1, -0.05) is 60.1 Å². The van der Waals surface area contributed by atoms with Crippen molar-refractivity contribution in [3.05, 3.63) is 65.0 Å². The van der Waals surface area contributed by atoms with E-state index in [0.717, 1.165) is 5.56 Å². The molecule has 0 radical (unpaired) electrons. The molecule has 2 aromatic carbocycles. The van der Waals surface area contributed by atoms with Crippen LogP contribution in [-0.4, -0.2) is 39.0 Å². The van der Waals surface area contributed by atoms with Gasteiger partial charge in [-0.05, 0) is 35.7 Å². The van der Waals surface area contributed by atoms with Gasteiger partial charge >= 0.3 is 0 Å². The van der Waals surface area contributed by atoms with Crippen LogP contribution < -0.4 is 4.90 Å². The summed E-state index contributed by atoms with van der Waals surface area (Å²) < 4.78 is 5.32. The van der Waals surface area contributed by atoms with Crippen molar-refractivity contribution in [2.75, 3.05) is 4.90 Å². The summed E-state index contributed by atoms with van der Waals surface area (Å²) in [7, 11) is 0. The van der Waals surface area contributed by atoms with Crippen LogP contribution in [0.4, 0.5) is 5.69 Å². The van der Waals surface area contributed by atoms with Crippen LogP contribution in [0.5, 0.6) is 0 Å². The van der Waals surface area contributed by atoms with Crippen molar-refractivity contribution < 1.29 is 14.1 Å². The first-order chi connectivity index (χ1) is 15.4. The summed E-state index contributed by atoms with van der Waals surface area (Å²) in [6.07, 6.45) is 0. The molecule has 1 fully saturated rings. The Balaban J connectivity index is 1.35. The van der Waals surface area contributed by atoms with Crippen LogP contribution >= 0.6 is 11.6 Å². The summed E-state index contributed by atoms with van der Waals surface area (Å²) in [5.74, 6) is 0.139. The highest BCUT2D eigenvalue weighted by molar-refractivity contribution is 6.33. The van der Waals surface area contributed by atoms with Gasteiger partial charge in [0, 0.05) is 5.56 Å². The van der Waals surface area contributed by atoms with Gasteiger partial charge in [-0.2, -0.15) is 10.1 Å². The zero-order valence-electron chi connectivity index (χ0n) is 17.3. The monoisotopic (exact) mass is 450 g/mol. The average molecular weight is 451 g/mol. The number of aromatic nitrogens is 2. The summed E-state index contributed by atoms with van der Waals surface area (Å²) in [6.45, 7) is 4.21. The molecule has 2 atom stereocenters. The number of carbonyl (C=O) groups is 2. The molecule has 3 aromatic rings. The van der Waals surface area contributed by atoms with Gasteiger partial charge in [-0.3, -0.25) is 14.6 Å². The first kappa shape index (κ1) is 20.3. The van der Waals surface area contributed by atoms with Crippen LogP contribution in [0.25, 0.3) is 11.4 Å². The molecule has 32 heavy (non-hydrogen) atoms. The number of imide groups is 1. The predicted octanol–water partition coefficient (Wildman–Crippen LogP) is 4.01. The summed E-state index contributed by atoms with van der Waals surface area (Å²) in [4.78, 5) is 31.6. The standard InChI is InChI=1S/C22H19ClN6O3/c1-12(2)13-7-9-14(10-8-13)29-21(30)18-19(22(29)31)28(27-25-18)11-17-24-20(26-32-17)15-5-3-4-6-16(15)23/h3-10,12,18-19H,11H2,1-2H3. The molecule has 1 aromatic heterocycles. The van der Waals surface area contributed by atoms with Gasteiger partial charge in [0.2, 0.25) is 11.7 Å². The second-order valence-electron chi connectivity index (χ2n) is 7.94. The molecule has 2 aliphatic rings. The smallest absolute Gasteiger partial charge is 0.263 e. The Kier molecular flexibility index (Phi) is 4.97. The number of anilines is 1. The van der Waals surface area contributed by atoms with E-state index in [1.54, 1.807) is 24.3 Å². The molecule has 162 valence electrons. The number of amides is 2. The van der Waals surface area contributed by atoms with Crippen molar-refractivity contribution in [3.8, 4) is 11.4 Å². The number of rotatable bonds is 5. The largest absolute Gasteiger partial charge is 0.337 e. The van der Waals surface area contributed by atoms with E-state index in [9.17, 15) is 9.59 Å². The zero-order chi connectivity index (χ0) is 22.4. The molecule has 0 aliphatic carbocycles. The Morgan fingerprint density at radius 2 is 1.81 bits per heavy atom. The number of hydrogen-bond acceptors (Lipinski definition) is 8. The second kappa shape index (κ2) is 7.83. The molecule has 0 saturated carbocycles. The highest BCUT2D eigenvalue weighted by Crippen LogP contribution is 2.33. The Bertz CT molecular complexity index is 1220. The number of hydrogen-bond donors (Lipinski definition) is 0. The Hall–Kier alpha value is -3.59. The first-order valence-corrected chi connectivity index (χ1v) is 10.5. The lowest BCUT2D eigenvalue weighted by molar-refractivity contribution is -0.123. The van der Waals surface area contributed by atoms with Crippen LogP contribution in [0.1, 0.15) is 31.2 Å². The molecule has 1 saturated heterocycles. The molecule has 2 unspecified atom stereocenters. The molecule has 5 rings (SSSR count). The average Bonchev–Trinajstić information content (AvgIpc) is 3.47. The van der Waals surface area contributed by atoms with Gasteiger partial charge in [0.15, 0.2) is 12.1 Å². The van der Waals surface area contributed by atoms with E-state index in [-0.39, 0.29) is 18.3 Å². The molecule has 0 spiro atoms. The Morgan fingerprint density at radius 1 is 1.06 bits per heavy atom. The van der Waals surface area contributed by atoms with Crippen molar-refractivity contribution in [2.24, 2.45) is 10.3 Å². The van der Waals surface area contributed by atoms with Crippen molar-refractivity contribution in [1.29, 1.82) is 0 Å². The molecule has 9 nitrogen and oxygen atoms in total. The molecule has 2 aliphatic heterocycles. The van der Waals surface area contributed by atoms with Gasteiger partial charge in [-0.15, -0.1) is 0 Å². The lowest BCUT2D eigenvalue weighted by Crippen LogP contribution is -2.39. The van der Waals surface area contributed by atoms with Gasteiger partial charge in [-0.25, -0.2) is 4.90 Å². The maximum Gasteiger partial charge on any atom is 0.263 e. The summed E-state index contributed by atoms with van der Waals surface area (Å²) >= 11 is 6.19. The van der Waals surface area contributed by atoms with E-state index in [2.05, 4.69) is 34.3 Å². The fraction of sp³-hybridized carbons (Fsp3) is 0.273. The fourth-order valence-corrected chi connectivity index (χ4v) is 4.05. The molecular formula is C22H19ClN6O3. The van der Waals surface area contributed by atoms with Gasteiger partial charge < -0.3 is 4.52 Å². The van der Waals surface area contributed by atoms with Crippen LogP contribution in [0.3, 0.4) is 0 Å². The van der Waals surface area contributed by atoms with E-state index in [1.807, 2.05) is 24.3 Å². The van der Waals surface area contributed by atoms with Crippen LogP contribution in [0, 0.1) is 0 Å². The predicted molar refractivity (Wildman–Crippen MR) is 116 cm³/mol. The van der Waals surface area contributed by atoms with Gasteiger partial charge in [0.1, 0.15) is 6.54 Å². The van der Waals surface area contributed by atoms with Crippen molar-refractivity contribution in [2.45, 2.75) is 38.4 Å². The first-order valence-electron chi connectivity index (χ1n) is 10.2. The Labute approximate surface area is 188 Å². The normalized spacial score (nSPS) is 20.0. The van der Waals surface area contributed by atoms with Crippen molar-refractivity contribution in [3.63, 3.8) is 0 Å². The number of carbonyl (C=O) groups excluding carboxylic acids is 2. The molecule has 0 bridgehead atoms. The summed E-state index contributed by atoms with van der Waals surface area (Å²) in [6, 6.07) is 12.8. The number of benzene rings is 2. The lowest BCUT2D eigenvalue weighted by Gasteiger charge is -2.19. The second-order valence-corrected chi connectivity index (χ2v) is 8.35. The van der Waals surface area contributed by atoms with E-state index in [1.165, 1.54) is 9.91 Å². The topological polar surface area (TPSA) is 104 Å². The van der Waals surface area contributed by atoms with Gasteiger partial charge in [0.05, 0.1) is 10.7 Å². The van der Waals surface area contributed by atoms with E-state index < -0.39 is 18.0 Å². The molecule has 0 N–H and O–H groups in total. The minimum atomic E-state index is -0.891. The SMILES string of the molecule is CC(C)c1ccc(N2C(=O)C3N=NN(Cc4nc(-c5ccccc5Cl)no4)C3C2=O)cc1. The Morgan fingerprint density at radius 3 is 2.53 bits per heavy atom. The van der Waals surface area contributed by atoms with Crippen molar-refractivity contribution >= 4 is 29.1 Å². The lowest BCUT2D eigenvalue weighted by atomic mass is 10.0. The van der Waals surface area contributed by atoms with Crippen molar-refractivity contribution in [1.82, 2.24) is 15.1 Å². The maximum absolute atomic E-state index is 13.1. The van der Waals surface area contributed by atoms with Crippen LogP contribution in [0.2, 0.25) is 5.02 Å². The number of halogens is 1. The fourth-order valence-electron chi connectivity index (χ4n) is 3.83. The zero-order valence-corrected chi connectivity index (χ0v) is 18.1. The minimum absolute atomic E-state index is 0.0429. The summed E-state index contributed by atoms with van der Waals surface area (Å²) in [5, 5.41) is 13.9. The number of fused-ring (bicyclic) bond motifs is 1. The summed E-state index contributed by atoms with van der Waals surface area (Å²) in [5.41, 5.74) is 2.28. The minimum Gasteiger partial charge on any atom is -0.337 e. The third-order valence-corrected chi connectivity index (χ3v) is 5.89. The van der Waals surface area contributed by atoms with Crippen LogP contribution in [0.15, 0.2) is 63.4 Å². The van der Waals surface area contributed by atoms with E-state index in [0.29, 0.717) is 28.0 Å². The highest BCUT2D eigenvalue weighted by Gasteiger charge is 2.55. The molecular weight excluding hydrogens is 432 g/mol. The third kappa shape index (κ3) is 3.34. The third-order valence-electron chi connectivity index (χ3n) is 5.56.